The van der Waals surface area contributed by atoms with Crippen LogP contribution in [0.25, 0.3) is 11.3 Å². The van der Waals surface area contributed by atoms with Crippen molar-refractivity contribution in [2.24, 2.45) is 0 Å². The molecule has 0 saturated carbocycles. The Morgan fingerprint density at radius 3 is 2.54 bits per heavy atom. The Balaban J connectivity index is 1.77. The number of nitrogens with zero attached hydrogens (tertiary/aromatic N) is 3. The number of ketones is 1. The smallest absolute Gasteiger partial charge is 0.226 e. The summed E-state index contributed by atoms with van der Waals surface area (Å²) in [6.07, 6.45) is 2.08. The Morgan fingerprint density at radius 2 is 1.96 bits per heavy atom. The fourth-order valence-corrected chi connectivity index (χ4v) is 3.05. The third-order valence-corrected chi connectivity index (χ3v) is 4.70. The number of aromatic nitrogens is 2. The van der Waals surface area contributed by atoms with Crippen molar-refractivity contribution in [3.05, 3.63) is 64.6 Å². The highest BCUT2D eigenvalue weighted by Crippen LogP contribution is 2.30. The maximum Gasteiger partial charge on any atom is 0.226 e. The van der Waals surface area contributed by atoms with Crippen molar-refractivity contribution in [2.45, 2.75) is 26.7 Å². The first-order chi connectivity index (χ1) is 13.4. The highest BCUT2D eigenvalue weighted by atomic mass is 35.5. The number of halogens is 1. The third-order valence-electron chi connectivity index (χ3n) is 4.39. The highest BCUT2D eigenvalue weighted by Gasteiger charge is 2.14. The number of rotatable bonds is 6. The van der Waals surface area contributed by atoms with Crippen LogP contribution in [0.4, 0.5) is 5.69 Å². The molecule has 144 valence electrons. The van der Waals surface area contributed by atoms with Crippen LogP contribution in [0.2, 0.25) is 5.02 Å². The van der Waals surface area contributed by atoms with Crippen molar-refractivity contribution >= 4 is 29.0 Å². The first kappa shape index (κ1) is 19.8. The lowest BCUT2D eigenvalue weighted by Crippen LogP contribution is -2.24. The molecule has 3 rings (SSSR count). The Kier molecular flexibility index (Phi) is 5.90. The lowest BCUT2D eigenvalue weighted by molar-refractivity contribution is -0.118. The number of carbonyl (C=O) groups excluding carboxylic acids is 2. The quantitative estimate of drug-likeness (QED) is 0.572. The van der Waals surface area contributed by atoms with Crippen LogP contribution in [0.1, 0.15) is 35.2 Å². The van der Waals surface area contributed by atoms with Gasteiger partial charge in [0.05, 0.1) is 22.8 Å². The summed E-state index contributed by atoms with van der Waals surface area (Å²) in [7, 11) is 1.71. The zero-order valence-electron chi connectivity index (χ0n) is 15.9. The Hall–Kier alpha value is -2.99. The van der Waals surface area contributed by atoms with Gasteiger partial charge in [0.1, 0.15) is 5.76 Å². The summed E-state index contributed by atoms with van der Waals surface area (Å²) >= 11 is 6.40. The van der Waals surface area contributed by atoms with Crippen molar-refractivity contribution in [1.29, 1.82) is 0 Å². The highest BCUT2D eigenvalue weighted by molar-refractivity contribution is 6.33. The van der Waals surface area contributed by atoms with Crippen LogP contribution < -0.4 is 4.90 Å². The zero-order chi connectivity index (χ0) is 20.3. The first-order valence-corrected chi connectivity index (χ1v) is 9.24. The van der Waals surface area contributed by atoms with E-state index in [9.17, 15) is 9.59 Å². The SMILES string of the molecule is CCC(=O)N(C)c1ccc(-c2ccc(C(=O)Cc3cc(C)no3)cn2)c(Cl)c1. The second kappa shape index (κ2) is 8.35. The van der Waals surface area contributed by atoms with Gasteiger partial charge in [0.2, 0.25) is 5.91 Å². The fraction of sp³-hybridized carbons (Fsp3) is 0.238. The van der Waals surface area contributed by atoms with Crippen LogP contribution in [-0.4, -0.2) is 28.9 Å². The maximum atomic E-state index is 12.4. The Bertz CT molecular complexity index is 1010. The average Bonchev–Trinajstić information content (AvgIpc) is 3.11. The zero-order valence-corrected chi connectivity index (χ0v) is 16.7. The van der Waals surface area contributed by atoms with Crippen LogP contribution in [-0.2, 0) is 11.2 Å². The minimum atomic E-state index is -0.101. The number of hydrogen-bond acceptors (Lipinski definition) is 5. The molecular weight excluding hydrogens is 378 g/mol. The van der Waals surface area contributed by atoms with Crippen LogP contribution >= 0.6 is 11.6 Å². The van der Waals surface area contributed by atoms with Crippen LogP contribution in [0.15, 0.2) is 47.1 Å². The van der Waals surface area contributed by atoms with Crippen LogP contribution in [0.5, 0.6) is 0 Å². The van der Waals surface area contributed by atoms with Gasteiger partial charge in [-0.2, -0.15) is 0 Å². The summed E-state index contributed by atoms with van der Waals surface area (Å²) < 4.78 is 5.08. The third kappa shape index (κ3) is 4.28. The van der Waals surface area contributed by atoms with E-state index in [1.807, 2.05) is 19.1 Å². The molecule has 0 fully saturated rings. The minimum absolute atomic E-state index is 0.00626. The molecule has 0 aliphatic carbocycles. The molecule has 0 spiro atoms. The van der Waals surface area contributed by atoms with Gasteiger partial charge in [-0.05, 0) is 37.3 Å². The minimum Gasteiger partial charge on any atom is -0.361 e. The monoisotopic (exact) mass is 397 g/mol. The summed E-state index contributed by atoms with van der Waals surface area (Å²) in [4.78, 5) is 30.1. The summed E-state index contributed by atoms with van der Waals surface area (Å²) in [5, 5.41) is 4.26. The number of Topliss-reactive ketones (excluding diaryl/α,β-unsaturated/α-hetero) is 1. The number of hydrogen-bond donors (Lipinski definition) is 0. The number of benzene rings is 1. The molecule has 0 aliphatic rings. The van der Waals surface area contributed by atoms with Gasteiger partial charge in [-0.15, -0.1) is 0 Å². The van der Waals surface area contributed by atoms with E-state index >= 15 is 0 Å². The molecular formula is C21H20ClN3O3. The Labute approximate surface area is 168 Å². The normalized spacial score (nSPS) is 10.7. The maximum absolute atomic E-state index is 12.4. The molecule has 0 N–H and O–H groups in total. The van der Waals surface area contributed by atoms with Gasteiger partial charge in [0, 0.05) is 42.5 Å². The summed E-state index contributed by atoms with van der Waals surface area (Å²) in [6.45, 7) is 3.61. The van der Waals surface area contributed by atoms with Gasteiger partial charge in [-0.1, -0.05) is 23.7 Å². The summed E-state index contributed by atoms with van der Waals surface area (Å²) in [6, 6.07) is 10.6. The second-order valence-electron chi connectivity index (χ2n) is 6.44. The van der Waals surface area contributed by atoms with Crippen molar-refractivity contribution in [3.63, 3.8) is 0 Å². The van der Waals surface area contributed by atoms with Gasteiger partial charge in [0.15, 0.2) is 5.78 Å². The molecule has 6 nitrogen and oxygen atoms in total. The summed E-state index contributed by atoms with van der Waals surface area (Å²) in [5.74, 6) is 0.430. The van der Waals surface area contributed by atoms with E-state index < -0.39 is 0 Å². The molecule has 0 bridgehead atoms. The van der Waals surface area contributed by atoms with E-state index in [0.717, 1.165) is 16.9 Å². The molecule has 0 atom stereocenters. The molecule has 7 heteroatoms. The lowest BCUT2D eigenvalue weighted by Gasteiger charge is -2.17. The number of pyridine rings is 1. The number of carbonyl (C=O) groups is 2. The Morgan fingerprint density at radius 1 is 1.18 bits per heavy atom. The lowest BCUT2D eigenvalue weighted by atomic mass is 10.1. The van der Waals surface area contributed by atoms with Gasteiger partial charge in [-0.25, -0.2) is 0 Å². The van der Waals surface area contributed by atoms with Gasteiger partial charge >= 0.3 is 0 Å². The predicted octanol–water partition coefficient (Wildman–Crippen LogP) is 4.50. The van der Waals surface area contributed by atoms with Crippen molar-refractivity contribution in [2.75, 3.05) is 11.9 Å². The molecule has 0 saturated heterocycles. The summed E-state index contributed by atoms with van der Waals surface area (Å²) in [5.41, 5.74) is 3.31. The van der Waals surface area contributed by atoms with Crippen molar-refractivity contribution < 1.29 is 14.1 Å². The standard InChI is InChI=1S/C21H20ClN3O3/c1-4-21(27)25(3)15-6-7-17(18(22)10-15)19-8-5-14(12-23-19)20(26)11-16-9-13(2)24-28-16/h5-10,12H,4,11H2,1-3H3. The van der Waals surface area contributed by atoms with E-state index in [1.54, 1.807) is 43.1 Å². The van der Waals surface area contributed by atoms with Crippen molar-refractivity contribution in [3.8, 4) is 11.3 Å². The molecule has 2 aromatic heterocycles. The molecule has 1 aromatic carbocycles. The van der Waals surface area contributed by atoms with E-state index in [0.29, 0.717) is 28.5 Å². The topological polar surface area (TPSA) is 76.3 Å². The number of anilines is 1. The number of aryl methyl sites for hydroxylation is 1. The fourth-order valence-electron chi connectivity index (χ4n) is 2.78. The molecule has 2 heterocycles. The van der Waals surface area contributed by atoms with Gasteiger partial charge in [-0.3, -0.25) is 14.6 Å². The molecule has 0 unspecified atom stereocenters. The molecule has 0 radical (unpaired) electrons. The molecule has 28 heavy (non-hydrogen) atoms. The molecule has 0 aliphatic heterocycles. The van der Waals surface area contributed by atoms with Gasteiger partial charge in [0.25, 0.3) is 0 Å². The largest absolute Gasteiger partial charge is 0.361 e. The van der Waals surface area contributed by atoms with Crippen molar-refractivity contribution in [1.82, 2.24) is 10.1 Å². The second-order valence-corrected chi connectivity index (χ2v) is 6.84. The van der Waals surface area contributed by atoms with E-state index in [1.165, 1.54) is 6.20 Å². The first-order valence-electron chi connectivity index (χ1n) is 8.87. The van der Waals surface area contributed by atoms with Crippen LogP contribution in [0.3, 0.4) is 0 Å². The molecule has 3 aromatic rings. The van der Waals surface area contributed by atoms with E-state index in [2.05, 4.69) is 10.1 Å². The predicted molar refractivity (Wildman–Crippen MR) is 108 cm³/mol. The van der Waals surface area contributed by atoms with Crippen LogP contribution in [0, 0.1) is 6.92 Å². The van der Waals surface area contributed by atoms with E-state index in [-0.39, 0.29) is 18.1 Å². The number of amides is 1. The molecule has 1 amide bonds. The average molecular weight is 398 g/mol. The van der Waals surface area contributed by atoms with E-state index in [4.69, 9.17) is 16.1 Å². The van der Waals surface area contributed by atoms with Gasteiger partial charge < -0.3 is 9.42 Å².